The van der Waals surface area contributed by atoms with Crippen LogP contribution in [0.5, 0.6) is 0 Å². The molecule has 0 radical (unpaired) electrons. The molecule has 0 saturated carbocycles. The van der Waals surface area contributed by atoms with E-state index in [9.17, 15) is 29.7 Å². The highest BCUT2D eigenvalue weighted by Crippen LogP contribution is 2.24. The van der Waals surface area contributed by atoms with Crippen molar-refractivity contribution >= 4 is 17.0 Å². The van der Waals surface area contributed by atoms with Crippen molar-refractivity contribution in [3.63, 3.8) is 0 Å². The van der Waals surface area contributed by atoms with Gasteiger partial charge in [-0.3, -0.25) is 14.6 Å². The Bertz CT molecular complexity index is 1420. The first-order valence-electron chi connectivity index (χ1n) is 16.2. The smallest absolute Gasteiger partial charge is 0.349 e. The minimum atomic E-state index is -1.68. The van der Waals surface area contributed by atoms with Crippen molar-refractivity contribution in [3.05, 3.63) is 44.1 Å². The van der Waals surface area contributed by atoms with E-state index in [-0.39, 0.29) is 24.5 Å². The lowest BCUT2D eigenvalue weighted by atomic mass is 10.0. The zero-order valence-electron chi connectivity index (χ0n) is 26.5. The molecule has 0 fully saturated rings. The Morgan fingerprint density at radius 2 is 1.41 bits per heavy atom. The van der Waals surface area contributed by atoms with Gasteiger partial charge in [0.05, 0.1) is 17.6 Å². The van der Waals surface area contributed by atoms with Crippen molar-refractivity contribution in [2.75, 3.05) is 6.61 Å². The molecule has 0 spiro atoms. The van der Waals surface area contributed by atoms with Crippen molar-refractivity contribution in [2.24, 2.45) is 0 Å². The third-order valence-electron chi connectivity index (χ3n) is 8.28. The fraction of sp³-hybridized carbons (Fsp3) is 0.667. The largest absolute Gasteiger partial charge is 0.463 e. The number of nitrogens with zero attached hydrogens (tertiary/aromatic N) is 3. The molecule has 2 aliphatic heterocycles. The van der Waals surface area contributed by atoms with Crippen LogP contribution in [0.1, 0.15) is 108 Å². The number of ether oxygens (including phenoxy) is 1. The summed E-state index contributed by atoms with van der Waals surface area (Å²) in [6, 6.07) is 3.57. The lowest BCUT2D eigenvalue weighted by molar-refractivity contribution is -0.152. The van der Waals surface area contributed by atoms with Gasteiger partial charge in [0.25, 0.3) is 5.56 Å². The maximum absolute atomic E-state index is 12.5. The van der Waals surface area contributed by atoms with Gasteiger partial charge in [-0.25, -0.2) is 9.78 Å². The normalized spacial score (nSPS) is 13.8. The third-order valence-corrected chi connectivity index (χ3v) is 8.28. The van der Waals surface area contributed by atoms with E-state index in [0.717, 1.165) is 30.4 Å². The molecule has 2 aliphatic rings. The van der Waals surface area contributed by atoms with Crippen LogP contribution < -0.4 is 11.2 Å². The summed E-state index contributed by atoms with van der Waals surface area (Å²) in [4.78, 5) is 47.0. The SMILES string of the molecule is CCCCCCCCCCCCCCCC(=O)OC[C@H](O)[C@H](O)[C@H](O)Cn1c2nc(=O)[nH]c(=O)c-2nc2cc(C)c(C)cc21. The average molecular weight is 615 g/mol. The number of fused-ring (bicyclic) bond motifs is 2. The fourth-order valence-corrected chi connectivity index (χ4v) is 5.42. The average Bonchev–Trinajstić information content (AvgIpc) is 2.99. The number of aryl methyl sites for hydroxylation is 2. The minimum absolute atomic E-state index is 0.0560. The fourth-order valence-electron chi connectivity index (χ4n) is 5.42. The van der Waals surface area contributed by atoms with Gasteiger partial charge in [-0.15, -0.1) is 0 Å². The first-order chi connectivity index (χ1) is 21.1. The van der Waals surface area contributed by atoms with Crippen LogP contribution in [0, 0.1) is 13.8 Å². The van der Waals surface area contributed by atoms with Crippen LogP contribution in [0.25, 0.3) is 22.6 Å². The molecule has 244 valence electrons. The molecule has 0 saturated heterocycles. The quantitative estimate of drug-likeness (QED) is 0.0823. The number of hydrogen-bond acceptors (Lipinski definition) is 9. The van der Waals surface area contributed by atoms with Crippen LogP contribution in [0.15, 0.2) is 21.7 Å². The maximum atomic E-state index is 12.5. The van der Waals surface area contributed by atoms with Crippen molar-refractivity contribution in [3.8, 4) is 11.5 Å². The van der Waals surface area contributed by atoms with E-state index >= 15 is 0 Å². The number of aliphatic hydroxyl groups is 3. The minimum Gasteiger partial charge on any atom is -0.463 e. The summed E-state index contributed by atoms with van der Waals surface area (Å²) in [5.74, 6) is -0.522. The van der Waals surface area contributed by atoms with Crippen molar-refractivity contribution < 1.29 is 24.9 Å². The van der Waals surface area contributed by atoms with Crippen LogP contribution in [-0.2, 0) is 16.1 Å². The molecule has 2 heterocycles. The molecule has 0 unspecified atom stereocenters. The molecule has 0 bridgehead atoms. The molecule has 0 aromatic heterocycles. The van der Waals surface area contributed by atoms with E-state index in [1.807, 2.05) is 13.8 Å². The molecule has 1 aromatic carbocycles. The molecule has 11 nitrogen and oxygen atoms in total. The van der Waals surface area contributed by atoms with Gasteiger partial charge >= 0.3 is 11.7 Å². The Morgan fingerprint density at radius 3 is 2.02 bits per heavy atom. The topological polar surface area (TPSA) is 168 Å². The molecule has 1 aromatic rings. The second-order valence-electron chi connectivity index (χ2n) is 12.0. The van der Waals surface area contributed by atoms with Gasteiger partial charge in [-0.05, 0) is 43.5 Å². The first kappa shape index (κ1) is 35.3. The number of carbonyl (C=O) groups excluding carboxylic acids is 1. The van der Waals surface area contributed by atoms with Crippen molar-refractivity contribution in [2.45, 2.75) is 136 Å². The molecule has 0 aliphatic carbocycles. The Balaban J connectivity index is 1.43. The number of benzene rings is 1. The number of aliphatic hydroxyl groups excluding tert-OH is 3. The van der Waals surface area contributed by atoms with Crippen LogP contribution in [0.2, 0.25) is 0 Å². The molecular weight excluding hydrogens is 564 g/mol. The molecule has 11 heteroatoms. The number of aromatic amines is 1. The van der Waals surface area contributed by atoms with Crippen LogP contribution >= 0.6 is 0 Å². The van der Waals surface area contributed by atoms with Gasteiger partial charge < -0.3 is 24.6 Å². The van der Waals surface area contributed by atoms with Gasteiger partial charge in [0.2, 0.25) is 0 Å². The summed E-state index contributed by atoms with van der Waals surface area (Å²) < 4.78 is 6.59. The summed E-state index contributed by atoms with van der Waals surface area (Å²) in [6.45, 7) is 5.23. The van der Waals surface area contributed by atoms with Crippen LogP contribution in [0.4, 0.5) is 0 Å². The standard InChI is InChI=1S/C33H50N4O7/c1-4-5-6-7-8-9-10-11-12-13-14-15-16-17-28(40)44-21-27(39)30(41)26(38)20-37-25-19-23(3)22(2)18-24(25)34-29-31(37)35-33(43)36-32(29)42/h18-19,26-27,30,38-39,41H,4-17,20-21H2,1-3H3,(H,36,42,43)/t26-,27+,30-/m1/s1. The predicted molar refractivity (Wildman–Crippen MR) is 170 cm³/mol. The number of unbranched alkanes of at least 4 members (excludes halogenated alkanes) is 12. The maximum Gasteiger partial charge on any atom is 0.349 e. The number of nitrogens with one attached hydrogen (secondary N) is 1. The summed E-state index contributed by atoms with van der Waals surface area (Å²) in [6.07, 6.45) is 11.1. The predicted octanol–water partition coefficient (Wildman–Crippen LogP) is 4.31. The molecule has 0 amide bonds. The molecule has 4 N–H and O–H groups in total. The highest BCUT2D eigenvalue weighted by atomic mass is 16.5. The van der Waals surface area contributed by atoms with Gasteiger partial charge in [0, 0.05) is 6.42 Å². The van der Waals surface area contributed by atoms with Crippen molar-refractivity contribution in [1.29, 1.82) is 0 Å². The van der Waals surface area contributed by atoms with Gasteiger partial charge in [-0.1, -0.05) is 84.0 Å². The van der Waals surface area contributed by atoms with Gasteiger partial charge in [0.15, 0.2) is 11.5 Å². The van der Waals surface area contributed by atoms with Crippen molar-refractivity contribution in [1.82, 2.24) is 19.5 Å². The Kier molecular flexibility index (Phi) is 14.4. The number of esters is 1. The van der Waals surface area contributed by atoms with Crippen LogP contribution in [0.3, 0.4) is 0 Å². The highest BCUT2D eigenvalue weighted by Gasteiger charge is 2.29. The van der Waals surface area contributed by atoms with E-state index in [1.54, 1.807) is 12.1 Å². The van der Waals surface area contributed by atoms with E-state index in [1.165, 1.54) is 62.4 Å². The second-order valence-corrected chi connectivity index (χ2v) is 12.0. The second kappa shape index (κ2) is 18.0. The number of rotatable bonds is 20. The zero-order chi connectivity index (χ0) is 32.1. The molecule has 44 heavy (non-hydrogen) atoms. The molecule has 3 rings (SSSR count). The van der Waals surface area contributed by atoms with E-state index in [4.69, 9.17) is 4.74 Å². The summed E-state index contributed by atoms with van der Waals surface area (Å²) in [5.41, 5.74) is 1.08. The lowest BCUT2D eigenvalue weighted by Crippen LogP contribution is -2.43. The number of hydrogen-bond donors (Lipinski definition) is 4. The highest BCUT2D eigenvalue weighted by molar-refractivity contribution is 5.81. The van der Waals surface area contributed by atoms with Crippen LogP contribution in [-0.4, -0.2) is 65.7 Å². The van der Waals surface area contributed by atoms with E-state index in [0.29, 0.717) is 17.5 Å². The van der Waals surface area contributed by atoms with E-state index in [2.05, 4.69) is 21.9 Å². The van der Waals surface area contributed by atoms with Gasteiger partial charge in [-0.2, -0.15) is 4.98 Å². The third kappa shape index (κ3) is 10.5. The Hall–Kier alpha value is -3.15. The van der Waals surface area contributed by atoms with E-state index < -0.39 is 42.1 Å². The summed E-state index contributed by atoms with van der Waals surface area (Å²) in [7, 11) is 0. The first-order valence-corrected chi connectivity index (χ1v) is 16.2. The number of aromatic nitrogens is 4. The molecular formula is C33H50N4O7. The molecule has 3 atom stereocenters. The monoisotopic (exact) mass is 614 g/mol. The Morgan fingerprint density at radius 1 is 0.841 bits per heavy atom. The lowest BCUT2D eigenvalue weighted by Gasteiger charge is -2.25. The zero-order valence-corrected chi connectivity index (χ0v) is 26.5. The number of carbonyl (C=O) groups is 1. The number of H-pyrrole nitrogens is 1. The van der Waals surface area contributed by atoms with Gasteiger partial charge in [0.1, 0.15) is 24.9 Å². The Labute approximate surface area is 259 Å². The summed E-state index contributed by atoms with van der Waals surface area (Å²) >= 11 is 0. The summed E-state index contributed by atoms with van der Waals surface area (Å²) in [5, 5.41) is 31.9.